The summed E-state index contributed by atoms with van der Waals surface area (Å²) >= 11 is 0. The van der Waals surface area contributed by atoms with Crippen molar-refractivity contribution in [1.29, 1.82) is 0 Å². The highest BCUT2D eigenvalue weighted by Gasteiger charge is 2.51. The van der Waals surface area contributed by atoms with E-state index < -0.39 is 29.5 Å². The molecule has 2 rings (SSSR count). The first-order valence-electron chi connectivity index (χ1n) is 19.4. The molecule has 0 aromatic heterocycles. The molecule has 2 aliphatic heterocycles. The van der Waals surface area contributed by atoms with Crippen molar-refractivity contribution in [3.05, 3.63) is 12.2 Å². The number of carbonyl (C=O) groups is 2. The fourth-order valence-electron chi connectivity index (χ4n) is 8.26. The van der Waals surface area contributed by atoms with Crippen molar-refractivity contribution in [3.63, 3.8) is 0 Å². The van der Waals surface area contributed by atoms with E-state index in [1.807, 2.05) is 40.7 Å². The molecule has 48 heavy (non-hydrogen) atoms. The van der Waals surface area contributed by atoms with Gasteiger partial charge in [-0.05, 0) is 96.3 Å². The van der Waals surface area contributed by atoms with E-state index in [1.54, 1.807) is 6.92 Å². The number of hydrogen-bond acceptors (Lipinski definition) is 7. The Morgan fingerprint density at radius 1 is 0.812 bits per heavy atom. The van der Waals surface area contributed by atoms with Crippen molar-refractivity contribution >= 4 is 11.6 Å². The molecule has 1 unspecified atom stereocenters. The lowest BCUT2D eigenvalue weighted by molar-refractivity contribution is -0.172. The van der Waals surface area contributed by atoms with Gasteiger partial charge in [-0.2, -0.15) is 0 Å². The highest BCUT2D eigenvalue weighted by atomic mass is 16.6. The van der Waals surface area contributed by atoms with Crippen LogP contribution in [0.1, 0.15) is 153 Å². The summed E-state index contributed by atoms with van der Waals surface area (Å²) in [4.78, 5) is 25.7. The van der Waals surface area contributed by atoms with E-state index in [0.29, 0.717) is 18.3 Å². The Morgan fingerprint density at radius 3 is 1.98 bits per heavy atom. The van der Waals surface area contributed by atoms with Gasteiger partial charge in [0.1, 0.15) is 11.6 Å². The number of allylic oxidation sites excluding steroid dienone is 1. The largest absolute Gasteiger partial charge is 0.393 e. The zero-order chi connectivity index (χ0) is 36.4. The van der Waals surface area contributed by atoms with E-state index in [1.165, 1.54) is 12.8 Å². The fraction of sp³-hybridized carbons (Fsp3) is 0.902. The van der Waals surface area contributed by atoms with Crippen molar-refractivity contribution in [1.82, 2.24) is 0 Å². The molecule has 2 saturated heterocycles. The van der Waals surface area contributed by atoms with Crippen molar-refractivity contribution < 1.29 is 34.4 Å². The summed E-state index contributed by atoms with van der Waals surface area (Å²) in [5.74, 6) is 0.862. The monoisotopic (exact) mass is 679 g/mol. The Morgan fingerprint density at radius 2 is 1.42 bits per heavy atom. The first-order valence-corrected chi connectivity index (χ1v) is 19.4. The molecule has 0 aromatic rings. The molecule has 0 bridgehead atoms. The second-order valence-electron chi connectivity index (χ2n) is 17.1. The summed E-state index contributed by atoms with van der Waals surface area (Å²) in [5.41, 5.74) is -0.985. The highest BCUT2D eigenvalue weighted by Crippen LogP contribution is 2.45. The van der Waals surface area contributed by atoms with Crippen LogP contribution in [-0.2, 0) is 19.1 Å². The van der Waals surface area contributed by atoms with Gasteiger partial charge in [-0.3, -0.25) is 9.59 Å². The summed E-state index contributed by atoms with van der Waals surface area (Å²) in [7, 11) is 0. The number of carbonyl (C=O) groups excluding carboxylic acids is 2. The second kappa shape index (κ2) is 19.5. The van der Waals surface area contributed by atoms with E-state index in [0.717, 1.165) is 51.4 Å². The standard InChI is InChI=1S/C41H74O7/c1-12-14-26(2)21-28(4)23-31(7)36(44)25-35(43)30(6)22-27(3)15-13-16-29(5)39(46)32(8)37(45)24-34-17-19-41(11,47-34)38-18-20-40(10,48-38)33(9)42/h13,16,26-34,37-39,42,45-46H,12,14-15,17-25H2,1-11H3/t26-,27-,28+,29-,30-,31+,32+,33-,34+,37+,38?,39-,40+,41+/m1/s1. The molecule has 0 aliphatic carbocycles. The zero-order valence-electron chi connectivity index (χ0n) is 32.5. The molecule has 0 radical (unpaired) electrons. The summed E-state index contributed by atoms with van der Waals surface area (Å²) in [5, 5.41) is 32.3. The first kappa shape index (κ1) is 43.0. The molecule has 0 saturated carbocycles. The molecule has 7 heteroatoms. The molecule has 280 valence electrons. The maximum absolute atomic E-state index is 12.9. The van der Waals surface area contributed by atoms with Crippen molar-refractivity contribution in [2.24, 2.45) is 41.4 Å². The maximum Gasteiger partial charge on any atom is 0.143 e. The molecule has 3 N–H and O–H groups in total. The lowest BCUT2D eigenvalue weighted by Crippen LogP contribution is -2.44. The molecular weight excluding hydrogens is 604 g/mol. The molecule has 2 aliphatic rings. The quantitative estimate of drug-likeness (QED) is 0.0781. The Hall–Kier alpha value is -1.12. The number of aliphatic hydroxyl groups is 3. The van der Waals surface area contributed by atoms with Gasteiger partial charge >= 0.3 is 0 Å². The van der Waals surface area contributed by atoms with E-state index in [2.05, 4.69) is 40.7 Å². The van der Waals surface area contributed by atoms with Gasteiger partial charge in [-0.25, -0.2) is 0 Å². The van der Waals surface area contributed by atoms with Gasteiger partial charge in [-0.1, -0.05) is 80.4 Å². The van der Waals surface area contributed by atoms with Crippen LogP contribution in [-0.4, -0.2) is 68.6 Å². The molecule has 14 atom stereocenters. The highest BCUT2D eigenvalue weighted by molar-refractivity contribution is 6.00. The molecule has 0 spiro atoms. The number of rotatable bonds is 22. The lowest BCUT2D eigenvalue weighted by Gasteiger charge is -2.35. The fourth-order valence-corrected chi connectivity index (χ4v) is 8.26. The lowest BCUT2D eigenvalue weighted by atomic mass is 9.84. The number of aliphatic hydroxyl groups excluding tert-OH is 3. The predicted octanol–water partition coefficient (Wildman–Crippen LogP) is 8.25. The van der Waals surface area contributed by atoms with E-state index in [4.69, 9.17) is 9.47 Å². The normalized spacial score (nSPS) is 31.1. The Kier molecular flexibility index (Phi) is 17.5. The number of ketones is 2. The van der Waals surface area contributed by atoms with Crippen LogP contribution >= 0.6 is 0 Å². The third-order valence-corrected chi connectivity index (χ3v) is 12.0. The zero-order valence-corrected chi connectivity index (χ0v) is 32.5. The molecule has 0 aromatic carbocycles. The third-order valence-electron chi connectivity index (χ3n) is 12.0. The van der Waals surface area contributed by atoms with Crippen LogP contribution in [0.4, 0.5) is 0 Å². The van der Waals surface area contributed by atoms with Gasteiger partial charge in [-0.15, -0.1) is 0 Å². The topological polar surface area (TPSA) is 113 Å². The van der Waals surface area contributed by atoms with Gasteiger partial charge in [0.05, 0.1) is 48.1 Å². The SMILES string of the molecule is CCC[C@@H](C)C[C@H](C)C[C@H](C)C(=O)CC(=O)[C@H](C)C[C@H](C)CC=C[C@@H](C)[C@@H](O)[C@@H](C)[C@@H](O)C[C@@H]1CC[C@@](C)(C2CC[C@@](C)([C@@H](C)O)O2)O1. The minimum absolute atomic E-state index is 0.0352. The molecule has 7 nitrogen and oxygen atoms in total. The maximum atomic E-state index is 12.9. The smallest absolute Gasteiger partial charge is 0.143 e. The van der Waals surface area contributed by atoms with Crippen LogP contribution in [0.25, 0.3) is 0 Å². The average Bonchev–Trinajstić information content (AvgIpc) is 3.60. The number of Topliss-reactive ketones (excluding diaryl/α,β-unsaturated/α-hetero) is 2. The molecular formula is C41H74O7. The first-order chi connectivity index (χ1) is 22.3. The van der Waals surface area contributed by atoms with Gasteiger partial charge in [0.25, 0.3) is 0 Å². The van der Waals surface area contributed by atoms with E-state index >= 15 is 0 Å². The van der Waals surface area contributed by atoms with Crippen LogP contribution in [0, 0.1) is 41.4 Å². The van der Waals surface area contributed by atoms with Gasteiger partial charge < -0.3 is 24.8 Å². The van der Waals surface area contributed by atoms with Crippen molar-refractivity contribution in [3.8, 4) is 0 Å². The van der Waals surface area contributed by atoms with E-state index in [9.17, 15) is 24.9 Å². The van der Waals surface area contributed by atoms with Crippen LogP contribution < -0.4 is 0 Å². The molecule has 2 heterocycles. The van der Waals surface area contributed by atoms with Gasteiger partial charge in [0.15, 0.2) is 0 Å². The van der Waals surface area contributed by atoms with Crippen molar-refractivity contribution in [2.75, 3.05) is 0 Å². The summed E-state index contributed by atoms with van der Waals surface area (Å²) < 4.78 is 12.8. The van der Waals surface area contributed by atoms with Crippen molar-refractivity contribution in [2.45, 2.75) is 195 Å². The van der Waals surface area contributed by atoms with Crippen LogP contribution in [0.15, 0.2) is 12.2 Å². The predicted molar refractivity (Wildman–Crippen MR) is 195 cm³/mol. The Labute approximate surface area is 294 Å². The van der Waals surface area contributed by atoms with Crippen LogP contribution in [0.3, 0.4) is 0 Å². The Bertz CT molecular complexity index is 1010. The summed E-state index contributed by atoms with van der Waals surface area (Å²) in [6, 6.07) is 0. The average molecular weight is 679 g/mol. The summed E-state index contributed by atoms with van der Waals surface area (Å²) in [6.45, 7) is 22.4. The number of ether oxygens (including phenoxy) is 2. The van der Waals surface area contributed by atoms with Gasteiger partial charge in [0.2, 0.25) is 0 Å². The third kappa shape index (κ3) is 12.9. The second-order valence-corrected chi connectivity index (χ2v) is 17.1. The summed E-state index contributed by atoms with van der Waals surface area (Å²) in [6.07, 6.45) is 11.7. The van der Waals surface area contributed by atoms with Crippen LogP contribution in [0.2, 0.25) is 0 Å². The molecule has 0 amide bonds. The minimum Gasteiger partial charge on any atom is -0.393 e. The van der Waals surface area contributed by atoms with Crippen LogP contribution in [0.5, 0.6) is 0 Å². The Balaban J connectivity index is 1.74. The number of hydrogen-bond donors (Lipinski definition) is 3. The van der Waals surface area contributed by atoms with E-state index in [-0.39, 0.29) is 59.8 Å². The molecule has 2 fully saturated rings. The van der Waals surface area contributed by atoms with Gasteiger partial charge in [0, 0.05) is 23.7 Å². The minimum atomic E-state index is -0.699.